The van der Waals surface area contributed by atoms with Crippen LogP contribution < -0.4 is 5.43 Å². The van der Waals surface area contributed by atoms with E-state index < -0.39 is 0 Å². The number of rotatable bonds is 1. The van der Waals surface area contributed by atoms with Crippen LogP contribution in [0.25, 0.3) is 0 Å². The standard InChI is InChI=1S/C10H12O2/c1-2-7-6-9(11)8-4-3-5-10(8)12-7/h6H,2-5H2,1H3. The second kappa shape index (κ2) is 2.77. The second-order valence-corrected chi connectivity index (χ2v) is 3.19. The van der Waals surface area contributed by atoms with Crippen LogP contribution in [0.5, 0.6) is 0 Å². The molecule has 12 heavy (non-hydrogen) atoms. The monoisotopic (exact) mass is 164 g/mol. The Kier molecular flexibility index (Phi) is 1.75. The van der Waals surface area contributed by atoms with E-state index in [-0.39, 0.29) is 5.43 Å². The van der Waals surface area contributed by atoms with E-state index >= 15 is 0 Å². The molecule has 0 amide bonds. The summed E-state index contributed by atoms with van der Waals surface area (Å²) in [5, 5.41) is 0. The molecule has 0 spiro atoms. The maximum atomic E-state index is 11.4. The highest BCUT2D eigenvalue weighted by atomic mass is 16.3. The van der Waals surface area contributed by atoms with Crippen molar-refractivity contribution in [3.05, 3.63) is 33.4 Å². The van der Waals surface area contributed by atoms with E-state index in [2.05, 4.69) is 0 Å². The molecule has 0 radical (unpaired) electrons. The summed E-state index contributed by atoms with van der Waals surface area (Å²) < 4.78 is 5.55. The average Bonchev–Trinajstić information content (AvgIpc) is 2.52. The maximum absolute atomic E-state index is 11.4. The van der Waals surface area contributed by atoms with Gasteiger partial charge in [0, 0.05) is 24.5 Å². The van der Waals surface area contributed by atoms with Crippen LogP contribution in [0.3, 0.4) is 0 Å². The summed E-state index contributed by atoms with van der Waals surface area (Å²) in [6.07, 6.45) is 3.73. The molecular weight excluding hydrogens is 152 g/mol. The Labute approximate surface area is 71.2 Å². The molecule has 0 bridgehead atoms. The first-order chi connectivity index (χ1) is 5.81. The van der Waals surface area contributed by atoms with Crippen LogP contribution in [0.4, 0.5) is 0 Å². The molecule has 1 aliphatic carbocycles. The quantitative estimate of drug-likeness (QED) is 0.632. The predicted molar refractivity (Wildman–Crippen MR) is 46.4 cm³/mol. The zero-order valence-electron chi connectivity index (χ0n) is 7.22. The molecule has 1 aromatic heterocycles. The van der Waals surface area contributed by atoms with Gasteiger partial charge in [-0.1, -0.05) is 6.92 Å². The van der Waals surface area contributed by atoms with E-state index in [0.717, 1.165) is 42.8 Å². The fourth-order valence-corrected chi connectivity index (χ4v) is 1.68. The van der Waals surface area contributed by atoms with Gasteiger partial charge >= 0.3 is 0 Å². The third kappa shape index (κ3) is 1.07. The molecule has 0 unspecified atom stereocenters. The van der Waals surface area contributed by atoms with Gasteiger partial charge in [0.2, 0.25) is 0 Å². The van der Waals surface area contributed by atoms with Gasteiger partial charge in [0.25, 0.3) is 0 Å². The van der Waals surface area contributed by atoms with Gasteiger partial charge in [-0.15, -0.1) is 0 Å². The Morgan fingerprint density at radius 2 is 2.33 bits per heavy atom. The minimum absolute atomic E-state index is 0.172. The van der Waals surface area contributed by atoms with Crippen LogP contribution in [0.2, 0.25) is 0 Å². The predicted octanol–water partition coefficient (Wildman–Crippen LogP) is 1.69. The van der Waals surface area contributed by atoms with Crippen molar-refractivity contribution in [2.45, 2.75) is 32.6 Å². The van der Waals surface area contributed by atoms with Crippen molar-refractivity contribution in [3.63, 3.8) is 0 Å². The van der Waals surface area contributed by atoms with Gasteiger partial charge in [0.1, 0.15) is 11.5 Å². The molecule has 0 aromatic carbocycles. The molecule has 2 heteroatoms. The molecule has 0 fully saturated rings. The number of hydrogen-bond donors (Lipinski definition) is 0. The highest BCUT2D eigenvalue weighted by molar-refractivity contribution is 5.23. The van der Waals surface area contributed by atoms with E-state index in [9.17, 15) is 4.79 Å². The summed E-state index contributed by atoms with van der Waals surface area (Å²) in [5.74, 6) is 1.75. The van der Waals surface area contributed by atoms with E-state index in [4.69, 9.17) is 4.42 Å². The van der Waals surface area contributed by atoms with Crippen molar-refractivity contribution < 1.29 is 4.42 Å². The third-order valence-corrected chi connectivity index (χ3v) is 2.36. The van der Waals surface area contributed by atoms with E-state index in [1.165, 1.54) is 0 Å². The Morgan fingerprint density at radius 3 is 3.08 bits per heavy atom. The molecule has 0 saturated heterocycles. The topological polar surface area (TPSA) is 30.2 Å². The highest BCUT2D eigenvalue weighted by Gasteiger charge is 2.16. The Balaban J connectivity index is 2.59. The lowest BCUT2D eigenvalue weighted by Gasteiger charge is -1.99. The lowest BCUT2D eigenvalue weighted by Crippen LogP contribution is -2.07. The highest BCUT2D eigenvalue weighted by Crippen LogP contribution is 2.19. The molecule has 0 N–H and O–H groups in total. The van der Waals surface area contributed by atoms with Crippen molar-refractivity contribution in [2.75, 3.05) is 0 Å². The van der Waals surface area contributed by atoms with E-state index in [0.29, 0.717) is 0 Å². The zero-order valence-corrected chi connectivity index (χ0v) is 7.22. The smallest absolute Gasteiger partial charge is 0.188 e. The normalized spacial score (nSPS) is 14.8. The van der Waals surface area contributed by atoms with Crippen molar-refractivity contribution in [1.29, 1.82) is 0 Å². The molecule has 1 aromatic rings. The maximum Gasteiger partial charge on any atom is 0.188 e. The van der Waals surface area contributed by atoms with Crippen LogP contribution in [0.15, 0.2) is 15.3 Å². The molecule has 2 rings (SSSR count). The second-order valence-electron chi connectivity index (χ2n) is 3.19. The zero-order chi connectivity index (χ0) is 8.55. The summed E-state index contributed by atoms with van der Waals surface area (Å²) in [6.45, 7) is 2.00. The SMILES string of the molecule is CCc1cc(=O)c2c(o1)CCC2. The van der Waals surface area contributed by atoms with E-state index in [1.807, 2.05) is 6.92 Å². The first-order valence-electron chi connectivity index (χ1n) is 4.46. The van der Waals surface area contributed by atoms with Gasteiger partial charge in [0.15, 0.2) is 5.43 Å². The fourth-order valence-electron chi connectivity index (χ4n) is 1.68. The van der Waals surface area contributed by atoms with Crippen LogP contribution >= 0.6 is 0 Å². The van der Waals surface area contributed by atoms with Crippen molar-refractivity contribution in [2.24, 2.45) is 0 Å². The van der Waals surface area contributed by atoms with Gasteiger partial charge < -0.3 is 4.42 Å². The van der Waals surface area contributed by atoms with Crippen LogP contribution in [-0.4, -0.2) is 0 Å². The third-order valence-electron chi connectivity index (χ3n) is 2.36. The van der Waals surface area contributed by atoms with Crippen LogP contribution in [0.1, 0.15) is 30.4 Å². The molecule has 0 saturated carbocycles. The van der Waals surface area contributed by atoms with Gasteiger partial charge in [0.05, 0.1) is 0 Å². The van der Waals surface area contributed by atoms with Gasteiger partial charge in [-0.05, 0) is 12.8 Å². The Morgan fingerprint density at radius 1 is 1.50 bits per heavy atom. The minimum atomic E-state index is 0.172. The van der Waals surface area contributed by atoms with Crippen molar-refractivity contribution >= 4 is 0 Å². The summed E-state index contributed by atoms with van der Waals surface area (Å²) in [5.41, 5.74) is 1.08. The summed E-state index contributed by atoms with van der Waals surface area (Å²) >= 11 is 0. The van der Waals surface area contributed by atoms with Gasteiger partial charge in [-0.3, -0.25) is 4.79 Å². The van der Waals surface area contributed by atoms with Crippen LogP contribution in [0, 0.1) is 0 Å². The first kappa shape index (κ1) is 7.59. The summed E-state index contributed by atoms with van der Waals surface area (Å²) in [7, 11) is 0. The average molecular weight is 164 g/mol. The van der Waals surface area contributed by atoms with Crippen LogP contribution in [-0.2, 0) is 19.3 Å². The fraction of sp³-hybridized carbons (Fsp3) is 0.500. The molecule has 1 aliphatic rings. The van der Waals surface area contributed by atoms with E-state index in [1.54, 1.807) is 6.07 Å². The molecule has 2 nitrogen and oxygen atoms in total. The Bertz CT molecular complexity index is 349. The first-order valence-corrected chi connectivity index (χ1v) is 4.46. The number of fused-ring (bicyclic) bond motifs is 1. The molecule has 64 valence electrons. The lowest BCUT2D eigenvalue weighted by molar-refractivity contribution is 0.456. The molecular formula is C10H12O2. The number of aryl methyl sites for hydroxylation is 2. The minimum Gasteiger partial charge on any atom is -0.466 e. The van der Waals surface area contributed by atoms with Gasteiger partial charge in [-0.2, -0.15) is 0 Å². The summed E-state index contributed by atoms with van der Waals surface area (Å²) in [4.78, 5) is 11.4. The Hall–Kier alpha value is -1.05. The lowest BCUT2D eigenvalue weighted by atomic mass is 10.2. The molecule has 0 atom stereocenters. The largest absolute Gasteiger partial charge is 0.466 e. The van der Waals surface area contributed by atoms with Gasteiger partial charge in [-0.25, -0.2) is 0 Å². The van der Waals surface area contributed by atoms with Crippen molar-refractivity contribution in [1.82, 2.24) is 0 Å². The number of hydrogen-bond acceptors (Lipinski definition) is 2. The molecule has 0 aliphatic heterocycles. The molecule has 1 heterocycles. The van der Waals surface area contributed by atoms with Crippen molar-refractivity contribution in [3.8, 4) is 0 Å². The summed E-state index contributed by atoms with van der Waals surface area (Å²) in [6, 6.07) is 1.63.